The van der Waals surface area contributed by atoms with Crippen LogP contribution in [0.25, 0.3) is 0 Å². The van der Waals surface area contributed by atoms with Gasteiger partial charge < -0.3 is 10.2 Å². The number of hydrogen-bond donors (Lipinski definition) is 1. The molecule has 1 aromatic rings. The third-order valence-electron chi connectivity index (χ3n) is 4.56. The SMILES string of the molecule is O=C(CNC1CCCC1)N1CCCC1c1ccncc1. The number of likely N-dealkylation sites (tertiary alicyclic amines) is 1. The minimum atomic E-state index is 0.246. The van der Waals surface area contributed by atoms with E-state index in [1.165, 1.54) is 31.2 Å². The van der Waals surface area contributed by atoms with Crippen LogP contribution in [0.1, 0.15) is 50.1 Å². The van der Waals surface area contributed by atoms with Gasteiger partial charge in [-0.25, -0.2) is 0 Å². The van der Waals surface area contributed by atoms with Gasteiger partial charge in [0.15, 0.2) is 0 Å². The van der Waals surface area contributed by atoms with Gasteiger partial charge in [-0.1, -0.05) is 12.8 Å². The zero-order chi connectivity index (χ0) is 13.8. The first-order valence-electron chi connectivity index (χ1n) is 7.77. The number of carbonyl (C=O) groups is 1. The molecular formula is C16H23N3O. The Morgan fingerprint density at radius 2 is 1.95 bits per heavy atom. The molecule has 20 heavy (non-hydrogen) atoms. The van der Waals surface area contributed by atoms with Gasteiger partial charge in [0.2, 0.25) is 5.91 Å². The molecule has 1 N–H and O–H groups in total. The number of pyridine rings is 1. The highest BCUT2D eigenvalue weighted by Crippen LogP contribution is 2.31. The van der Waals surface area contributed by atoms with Crippen molar-refractivity contribution in [1.82, 2.24) is 15.2 Å². The molecule has 4 heteroatoms. The molecule has 1 unspecified atom stereocenters. The van der Waals surface area contributed by atoms with E-state index >= 15 is 0 Å². The fourth-order valence-electron chi connectivity index (χ4n) is 3.46. The zero-order valence-electron chi connectivity index (χ0n) is 11.9. The van der Waals surface area contributed by atoms with Crippen LogP contribution < -0.4 is 5.32 Å². The molecule has 3 rings (SSSR count). The first-order valence-corrected chi connectivity index (χ1v) is 7.77. The minimum absolute atomic E-state index is 0.246. The van der Waals surface area contributed by atoms with Gasteiger partial charge in [-0.15, -0.1) is 0 Å². The lowest BCUT2D eigenvalue weighted by Gasteiger charge is -2.26. The van der Waals surface area contributed by atoms with Crippen molar-refractivity contribution in [2.75, 3.05) is 13.1 Å². The van der Waals surface area contributed by atoms with Crippen LogP contribution in [0.2, 0.25) is 0 Å². The molecule has 1 amide bonds. The lowest BCUT2D eigenvalue weighted by Crippen LogP contribution is -2.40. The van der Waals surface area contributed by atoms with Gasteiger partial charge in [0, 0.05) is 25.0 Å². The highest BCUT2D eigenvalue weighted by Gasteiger charge is 2.30. The topological polar surface area (TPSA) is 45.2 Å². The number of carbonyl (C=O) groups excluding carboxylic acids is 1. The van der Waals surface area contributed by atoms with Gasteiger partial charge in [0.25, 0.3) is 0 Å². The molecule has 2 heterocycles. The van der Waals surface area contributed by atoms with Crippen LogP contribution in [0.15, 0.2) is 24.5 Å². The van der Waals surface area contributed by atoms with Crippen LogP contribution in [-0.2, 0) is 4.79 Å². The third-order valence-corrected chi connectivity index (χ3v) is 4.56. The summed E-state index contributed by atoms with van der Waals surface area (Å²) in [6, 6.07) is 4.86. The Kier molecular flexibility index (Phi) is 4.31. The van der Waals surface area contributed by atoms with Crippen LogP contribution in [0, 0.1) is 0 Å². The molecule has 108 valence electrons. The van der Waals surface area contributed by atoms with E-state index in [9.17, 15) is 4.79 Å². The molecule has 1 saturated carbocycles. The fourth-order valence-corrected chi connectivity index (χ4v) is 3.46. The van der Waals surface area contributed by atoms with E-state index in [1.54, 1.807) is 0 Å². The van der Waals surface area contributed by atoms with Gasteiger partial charge in [-0.05, 0) is 43.4 Å². The fraction of sp³-hybridized carbons (Fsp3) is 0.625. The number of nitrogens with one attached hydrogen (secondary N) is 1. The molecule has 1 aliphatic heterocycles. The molecule has 2 fully saturated rings. The van der Waals surface area contributed by atoms with Gasteiger partial charge in [0.1, 0.15) is 0 Å². The lowest BCUT2D eigenvalue weighted by atomic mass is 10.1. The molecule has 0 spiro atoms. The Hall–Kier alpha value is -1.42. The number of amides is 1. The predicted molar refractivity (Wildman–Crippen MR) is 78.2 cm³/mol. The van der Waals surface area contributed by atoms with Crippen molar-refractivity contribution in [1.29, 1.82) is 0 Å². The summed E-state index contributed by atoms with van der Waals surface area (Å²) in [5.74, 6) is 0.246. The Bertz CT molecular complexity index is 442. The highest BCUT2D eigenvalue weighted by atomic mass is 16.2. The Labute approximate surface area is 120 Å². The van der Waals surface area contributed by atoms with Crippen molar-refractivity contribution < 1.29 is 4.79 Å². The standard InChI is InChI=1S/C16H23N3O/c20-16(12-18-14-4-1-2-5-14)19-11-3-6-15(19)13-7-9-17-10-8-13/h7-10,14-15,18H,1-6,11-12H2. The molecular weight excluding hydrogens is 250 g/mol. The number of aromatic nitrogens is 1. The summed E-state index contributed by atoms with van der Waals surface area (Å²) in [7, 11) is 0. The first-order chi connectivity index (χ1) is 9.84. The molecule has 2 aliphatic rings. The van der Waals surface area contributed by atoms with Crippen molar-refractivity contribution in [2.45, 2.75) is 50.6 Å². The summed E-state index contributed by atoms with van der Waals surface area (Å²) >= 11 is 0. The second kappa shape index (κ2) is 6.35. The van der Waals surface area contributed by atoms with Crippen LogP contribution in [0.5, 0.6) is 0 Å². The van der Waals surface area contributed by atoms with E-state index in [1.807, 2.05) is 29.4 Å². The molecule has 0 aromatic carbocycles. The van der Waals surface area contributed by atoms with E-state index in [2.05, 4.69) is 10.3 Å². The minimum Gasteiger partial charge on any atom is -0.335 e. The van der Waals surface area contributed by atoms with Crippen LogP contribution in [0.4, 0.5) is 0 Å². The van der Waals surface area contributed by atoms with E-state index in [0.717, 1.165) is 19.4 Å². The largest absolute Gasteiger partial charge is 0.335 e. The maximum Gasteiger partial charge on any atom is 0.237 e. The smallest absolute Gasteiger partial charge is 0.237 e. The normalized spacial score (nSPS) is 23.4. The maximum atomic E-state index is 12.4. The van der Waals surface area contributed by atoms with Gasteiger partial charge >= 0.3 is 0 Å². The van der Waals surface area contributed by atoms with E-state index < -0.39 is 0 Å². The molecule has 4 nitrogen and oxygen atoms in total. The monoisotopic (exact) mass is 273 g/mol. The van der Waals surface area contributed by atoms with Crippen molar-refractivity contribution in [2.24, 2.45) is 0 Å². The third kappa shape index (κ3) is 3.01. The summed E-state index contributed by atoms with van der Waals surface area (Å²) < 4.78 is 0. The Balaban J connectivity index is 1.58. The van der Waals surface area contributed by atoms with Crippen molar-refractivity contribution in [3.05, 3.63) is 30.1 Å². The second-order valence-electron chi connectivity index (χ2n) is 5.89. The molecule has 1 aromatic heterocycles. The molecule has 1 atom stereocenters. The second-order valence-corrected chi connectivity index (χ2v) is 5.89. The summed E-state index contributed by atoms with van der Waals surface area (Å²) in [5.41, 5.74) is 1.21. The Morgan fingerprint density at radius 1 is 1.20 bits per heavy atom. The number of hydrogen-bond acceptors (Lipinski definition) is 3. The first kappa shape index (κ1) is 13.6. The Morgan fingerprint density at radius 3 is 2.70 bits per heavy atom. The van der Waals surface area contributed by atoms with Crippen LogP contribution in [-0.4, -0.2) is 34.9 Å². The number of nitrogens with zero attached hydrogens (tertiary/aromatic N) is 2. The maximum absolute atomic E-state index is 12.4. The lowest BCUT2D eigenvalue weighted by molar-refractivity contribution is -0.131. The summed E-state index contributed by atoms with van der Waals surface area (Å²) in [6.07, 6.45) is 10.8. The molecule has 1 saturated heterocycles. The van der Waals surface area contributed by atoms with Crippen LogP contribution in [0.3, 0.4) is 0 Å². The van der Waals surface area contributed by atoms with Gasteiger partial charge in [-0.3, -0.25) is 9.78 Å². The van der Waals surface area contributed by atoms with Gasteiger partial charge in [0.05, 0.1) is 12.6 Å². The average Bonchev–Trinajstić information content (AvgIpc) is 3.17. The van der Waals surface area contributed by atoms with Crippen molar-refractivity contribution in [3.63, 3.8) is 0 Å². The van der Waals surface area contributed by atoms with Crippen LogP contribution >= 0.6 is 0 Å². The van der Waals surface area contributed by atoms with E-state index in [0.29, 0.717) is 12.6 Å². The number of rotatable bonds is 4. The summed E-state index contributed by atoms with van der Waals surface area (Å²) in [6.45, 7) is 1.38. The molecule has 0 radical (unpaired) electrons. The van der Waals surface area contributed by atoms with Crippen molar-refractivity contribution >= 4 is 5.91 Å². The summed E-state index contributed by atoms with van der Waals surface area (Å²) in [4.78, 5) is 18.5. The van der Waals surface area contributed by atoms with Gasteiger partial charge in [-0.2, -0.15) is 0 Å². The quantitative estimate of drug-likeness (QED) is 0.915. The van der Waals surface area contributed by atoms with E-state index in [-0.39, 0.29) is 11.9 Å². The summed E-state index contributed by atoms with van der Waals surface area (Å²) in [5, 5.41) is 3.43. The van der Waals surface area contributed by atoms with Crippen molar-refractivity contribution in [3.8, 4) is 0 Å². The average molecular weight is 273 g/mol. The zero-order valence-corrected chi connectivity index (χ0v) is 11.9. The molecule has 0 bridgehead atoms. The predicted octanol–water partition coefficient (Wildman–Crippen LogP) is 2.28. The molecule has 1 aliphatic carbocycles. The van der Waals surface area contributed by atoms with E-state index in [4.69, 9.17) is 0 Å². The highest BCUT2D eigenvalue weighted by molar-refractivity contribution is 5.79.